The Morgan fingerprint density at radius 1 is 1.50 bits per heavy atom. The average molecular weight is 238 g/mol. The van der Waals surface area contributed by atoms with E-state index < -0.39 is 0 Å². The van der Waals surface area contributed by atoms with Gasteiger partial charge in [0.05, 0.1) is 5.02 Å². The van der Waals surface area contributed by atoms with Crippen molar-refractivity contribution in [3.63, 3.8) is 0 Å². The van der Waals surface area contributed by atoms with Crippen LogP contribution in [0.3, 0.4) is 0 Å². The smallest absolute Gasteiger partial charge is 0.124 e. The Kier molecular flexibility index (Phi) is 3.06. The fourth-order valence-corrected chi connectivity index (χ4v) is 2.20. The van der Waals surface area contributed by atoms with Crippen LogP contribution in [0.25, 0.3) is 0 Å². The maximum Gasteiger partial charge on any atom is 0.124 e. The first-order chi connectivity index (χ1) is 7.59. The Hall–Kier alpha value is -1.22. The van der Waals surface area contributed by atoms with Crippen molar-refractivity contribution in [2.24, 2.45) is 5.73 Å². The zero-order valence-corrected chi connectivity index (χ0v) is 10.1. The van der Waals surface area contributed by atoms with Gasteiger partial charge < -0.3 is 10.6 Å². The summed E-state index contributed by atoms with van der Waals surface area (Å²) < 4.78 is 0. The molecule has 0 amide bonds. The van der Waals surface area contributed by atoms with Crippen molar-refractivity contribution in [1.29, 1.82) is 5.41 Å². The molecule has 0 radical (unpaired) electrons. The highest BCUT2D eigenvalue weighted by molar-refractivity contribution is 6.34. The molecule has 0 aromatic heterocycles. The van der Waals surface area contributed by atoms with Gasteiger partial charge >= 0.3 is 0 Å². The fraction of sp³-hybridized carbons (Fsp3) is 0.417. The summed E-state index contributed by atoms with van der Waals surface area (Å²) in [4.78, 5) is 2.25. The summed E-state index contributed by atoms with van der Waals surface area (Å²) >= 11 is 6.09. The van der Waals surface area contributed by atoms with Crippen LogP contribution in [0, 0.1) is 5.41 Å². The zero-order chi connectivity index (χ0) is 11.7. The minimum Gasteiger partial charge on any atom is -0.384 e. The topological polar surface area (TPSA) is 53.1 Å². The maximum absolute atomic E-state index is 7.37. The lowest BCUT2D eigenvalue weighted by Gasteiger charge is -2.36. The summed E-state index contributed by atoms with van der Waals surface area (Å²) in [5.74, 6) is 0.0165. The van der Waals surface area contributed by atoms with E-state index in [0.29, 0.717) is 16.6 Å². The lowest BCUT2D eigenvalue weighted by atomic mass is 9.91. The van der Waals surface area contributed by atoms with Gasteiger partial charge in [0.25, 0.3) is 0 Å². The van der Waals surface area contributed by atoms with Gasteiger partial charge in [-0.15, -0.1) is 0 Å². The molecule has 4 heteroatoms. The van der Waals surface area contributed by atoms with Crippen LogP contribution in [-0.4, -0.2) is 18.9 Å². The number of nitrogens with zero attached hydrogens (tertiary/aromatic N) is 1. The molecule has 0 bridgehead atoms. The number of nitrogen functional groups attached to an aromatic ring is 1. The van der Waals surface area contributed by atoms with Gasteiger partial charge in [-0.25, -0.2) is 0 Å². The van der Waals surface area contributed by atoms with E-state index in [0.717, 1.165) is 5.69 Å². The number of nitrogens with one attached hydrogen (secondary N) is 1. The van der Waals surface area contributed by atoms with Crippen LogP contribution in [0.15, 0.2) is 18.2 Å². The van der Waals surface area contributed by atoms with Gasteiger partial charge in [-0.3, -0.25) is 5.41 Å². The Morgan fingerprint density at radius 2 is 2.19 bits per heavy atom. The number of benzene rings is 1. The molecule has 1 aliphatic carbocycles. The molecule has 0 unspecified atom stereocenters. The first kappa shape index (κ1) is 11.3. The first-order valence-corrected chi connectivity index (χ1v) is 5.84. The molecule has 1 aliphatic rings. The Morgan fingerprint density at radius 3 is 2.62 bits per heavy atom. The van der Waals surface area contributed by atoms with Gasteiger partial charge in [0.2, 0.25) is 0 Å². The van der Waals surface area contributed by atoms with E-state index in [1.54, 1.807) is 0 Å². The second-order valence-corrected chi connectivity index (χ2v) is 4.68. The normalized spacial score (nSPS) is 15.6. The molecule has 2 rings (SSSR count). The molecule has 0 spiro atoms. The summed E-state index contributed by atoms with van der Waals surface area (Å²) in [6.45, 7) is 0. The van der Waals surface area contributed by atoms with Crippen molar-refractivity contribution in [2.45, 2.75) is 25.3 Å². The molecule has 3 nitrogen and oxygen atoms in total. The molecule has 1 aromatic rings. The van der Waals surface area contributed by atoms with Crippen molar-refractivity contribution >= 4 is 23.1 Å². The standard InChI is InChI=1S/C12H16ClN3/c1-16(8-3-2-4-8)9-5-6-10(12(14)15)11(13)7-9/h5-8H,2-4H2,1H3,(H3,14,15). The molecule has 1 fully saturated rings. The second kappa shape index (κ2) is 4.34. The average Bonchev–Trinajstić information content (AvgIpc) is 2.14. The minimum atomic E-state index is 0.0165. The molecule has 3 N–H and O–H groups in total. The van der Waals surface area contributed by atoms with E-state index in [9.17, 15) is 0 Å². The predicted molar refractivity (Wildman–Crippen MR) is 68.5 cm³/mol. The summed E-state index contributed by atoms with van der Waals surface area (Å²) in [6, 6.07) is 6.31. The van der Waals surface area contributed by atoms with E-state index in [1.165, 1.54) is 19.3 Å². The van der Waals surface area contributed by atoms with Gasteiger partial charge in [0.1, 0.15) is 5.84 Å². The van der Waals surface area contributed by atoms with Crippen LogP contribution in [0.1, 0.15) is 24.8 Å². The van der Waals surface area contributed by atoms with Gasteiger partial charge in [-0.2, -0.15) is 0 Å². The van der Waals surface area contributed by atoms with Crippen molar-refractivity contribution < 1.29 is 0 Å². The lowest BCUT2D eigenvalue weighted by molar-refractivity contribution is 0.401. The number of hydrogen-bond donors (Lipinski definition) is 2. The van der Waals surface area contributed by atoms with Crippen molar-refractivity contribution in [3.8, 4) is 0 Å². The number of halogens is 1. The molecule has 0 aliphatic heterocycles. The number of hydrogen-bond acceptors (Lipinski definition) is 2. The number of nitrogens with two attached hydrogens (primary N) is 1. The molecule has 0 heterocycles. The van der Waals surface area contributed by atoms with Crippen molar-refractivity contribution in [1.82, 2.24) is 0 Å². The summed E-state index contributed by atoms with van der Waals surface area (Å²) in [6.07, 6.45) is 3.82. The predicted octanol–water partition coefficient (Wildman–Crippen LogP) is 2.61. The van der Waals surface area contributed by atoms with Gasteiger partial charge in [0, 0.05) is 24.3 Å². The van der Waals surface area contributed by atoms with E-state index in [4.69, 9.17) is 22.7 Å². The van der Waals surface area contributed by atoms with Gasteiger partial charge in [-0.1, -0.05) is 11.6 Å². The van der Waals surface area contributed by atoms with Crippen LogP contribution >= 0.6 is 11.6 Å². The third-order valence-electron chi connectivity index (χ3n) is 3.27. The highest BCUT2D eigenvalue weighted by Crippen LogP contribution is 2.30. The van der Waals surface area contributed by atoms with Crippen LogP contribution in [0.5, 0.6) is 0 Å². The molecule has 1 saturated carbocycles. The first-order valence-electron chi connectivity index (χ1n) is 5.46. The van der Waals surface area contributed by atoms with Crippen LogP contribution in [-0.2, 0) is 0 Å². The third-order valence-corrected chi connectivity index (χ3v) is 3.59. The molecular weight excluding hydrogens is 222 g/mol. The Balaban J connectivity index is 2.22. The number of amidine groups is 1. The Bertz CT molecular complexity index is 413. The molecule has 86 valence electrons. The minimum absolute atomic E-state index is 0.0165. The van der Waals surface area contributed by atoms with E-state index in [-0.39, 0.29) is 5.84 Å². The van der Waals surface area contributed by atoms with E-state index >= 15 is 0 Å². The molecule has 0 saturated heterocycles. The molecule has 16 heavy (non-hydrogen) atoms. The quantitative estimate of drug-likeness (QED) is 0.627. The van der Waals surface area contributed by atoms with Crippen LogP contribution < -0.4 is 10.6 Å². The van der Waals surface area contributed by atoms with Gasteiger partial charge in [-0.05, 0) is 37.5 Å². The lowest BCUT2D eigenvalue weighted by Crippen LogP contribution is -2.37. The fourth-order valence-electron chi connectivity index (χ4n) is 1.93. The highest BCUT2D eigenvalue weighted by Gasteiger charge is 2.22. The highest BCUT2D eigenvalue weighted by atomic mass is 35.5. The van der Waals surface area contributed by atoms with Gasteiger partial charge in [0.15, 0.2) is 0 Å². The molecule has 0 atom stereocenters. The second-order valence-electron chi connectivity index (χ2n) is 4.27. The summed E-state index contributed by atoms with van der Waals surface area (Å²) in [5.41, 5.74) is 7.12. The Labute approximate surface area is 101 Å². The van der Waals surface area contributed by atoms with Crippen LogP contribution in [0.4, 0.5) is 5.69 Å². The third kappa shape index (κ3) is 2.00. The SMILES string of the molecule is CN(c1ccc(C(=N)N)c(Cl)c1)C1CCC1. The summed E-state index contributed by atoms with van der Waals surface area (Å²) in [5, 5.41) is 7.92. The monoisotopic (exact) mass is 237 g/mol. The van der Waals surface area contributed by atoms with E-state index in [2.05, 4.69) is 11.9 Å². The number of anilines is 1. The largest absolute Gasteiger partial charge is 0.384 e. The van der Waals surface area contributed by atoms with Crippen molar-refractivity contribution in [3.05, 3.63) is 28.8 Å². The number of rotatable bonds is 3. The molecular formula is C12H16ClN3. The van der Waals surface area contributed by atoms with Crippen molar-refractivity contribution in [2.75, 3.05) is 11.9 Å². The zero-order valence-electron chi connectivity index (χ0n) is 9.33. The molecule has 1 aromatic carbocycles. The van der Waals surface area contributed by atoms with E-state index in [1.807, 2.05) is 18.2 Å². The maximum atomic E-state index is 7.37. The summed E-state index contributed by atoms with van der Waals surface area (Å²) in [7, 11) is 2.09. The van der Waals surface area contributed by atoms with Crippen LogP contribution in [0.2, 0.25) is 5.02 Å².